The van der Waals surface area contributed by atoms with Crippen molar-refractivity contribution in [3.05, 3.63) is 0 Å². The van der Waals surface area contributed by atoms with Crippen LogP contribution in [0.5, 0.6) is 0 Å². The molecule has 0 unspecified atom stereocenters. The largest absolute Gasteiger partial charge is 0.354 e. The fraction of sp³-hybridized carbons (Fsp3) is 0.929. The molecule has 16 heavy (non-hydrogen) atoms. The monoisotopic (exact) mass is 227 g/mol. The first kappa shape index (κ1) is 15.5. The van der Waals surface area contributed by atoms with Gasteiger partial charge in [-0.3, -0.25) is 4.79 Å². The van der Waals surface area contributed by atoms with Gasteiger partial charge in [0.1, 0.15) is 0 Å². The Bertz CT molecular complexity index is 203. The van der Waals surface area contributed by atoms with Crippen LogP contribution in [0.4, 0.5) is 0 Å². The quantitative estimate of drug-likeness (QED) is 0.735. The molecule has 0 heterocycles. The van der Waals surface area contributed by atoms with E-state index in [4.69, 9.17) is 0 Å². The van der Waals surface area contributed by atoms with Crippen molar-refractivity contribution in [3.8, 4) is 0 Å². The maximum absolute atomic E-state index is 11.7. The average Bonchev–Trinajstić information content (AvgIpc) is 1.98. The summed E-state index contributed by atoms with van der Waals surface area (Å²) in [6, 6.07) is 0.314. The lowest BCUT2D eigenvalue weighted by molar-refractivity contribution is -0.123. The Labute approximate surface area is 101 Å². The Balaban J connectivity index is 3.70. The molecule has 96 valence electrons. The Morgan fingerprint density at radius 2 is 1.69 bits per heavy atom. The fourth-order valence-corrected chi connectivity index (χ4v) is 1.71. The van der Waals surface area contributed by atoms with Crippen molar-refractivity contribution in [1.82, 2.24) is 5.32 Å². The maximum Gasteiger partial charge on any atom is 0.220 e. The summed E-state index contributed by atoms with van der Waals surface area (Å²) >= 11 is 0. The normalized spacial score (nSPS) is 13.9. The van der Waals surface area contributed by atoms with Gasteiger partial charge in [0.25, 0.3) is 0 Å². The summed E-state index contributed by atoms with van der Waals surface area (Å²) in [5, 5.41) is 3.07. The molecule has 1 amide bonds. The molecule has 1 N–H and O–H groups in total. The number of amides is 1. The van der Waals surface area contributed by atoms with Crippen LogP contribution in [0.3, 0.4) is 0 Å². The maximum atomic E-state index is 11.7. The highest BCUT2D eigenvalue weighted by Gasteiger charge is 2.17. The molecule has 0 aliphatic carbocycles. The summed E-state index contributed by atoms with van der Waals surface area (Å²) in [6.45, 7) is 12.9. The number of carbonyl (C=O) groups excluding carboxylic acids is 1. The van der Waals surface area contributed by atoms with E-state index in [1.54, 1.807) is 0 Å². The Morgan fingerprint density at radius 1 is 1.12 bits per heavy atom. The zero-order valence-corrected chi connectivity index (χ0v) is 11.9. The second-order valence-electron chi connectivity index (χ2n) is 6.53. The molecule has 2 heteroatoms. The molecule has 0 spiro atoms. The van der Waals surface area contributed by atoms with E-state index in [0.717, 1.165) is 12.3 Å². The highest BCUT2D eigenvalue weighted by atomic mass is 16.1. The van der Waals surface area contributed by atoms with E-state index in [1.165, 1.54) is 12.8 Å². The smallest absolute Gasteiger partial charge is 0.220 e. The third kappa shape index (κ3) is 10.0. The zero-order valence-electron chi connectivity index (χ0n) is 11.9. The van der Waals surface area contributed by atoms with Gasteiger partial charge in [-0.2, -0.15) is 0 Å². The van der Waals surface area contributed by atoms with Gasteiger partial charge in [-0.15, -0.1) is 0 Å². The first-order chi connectivity index (χ1) is 7.20. The van der Waals surface area contributed by atoms with E-state index in [2.05, 4.69) is 46.9 Å². The standard InChI is InChI=1S/C14H29NO/c1-11(2)8-7-9-12(3)15-13(16)10-14(4,5)6/h11-12H,7-10H2,1-6H3,(H,15,16)/t12-/m0/s1. The van der Waals surface area contributed by atoms with E-state index in [9.17, 15) is 4.79 Å². The fourth-order valence-electron chi connectivity index (χ4n) is 1.71. The van der Waals surface area contributed by atoms with Crippen molar-refractivity contribution >= 4 is 5.91 Å². The molecule has 0 rings (SSSR count). The molecule has 0 fully saturated rings. The summed E-state index contributed by atoms with van der Waals surface area (Å²) in [5.41, 5.74) is 0.0851. The molecule has 0 saturated heterocycles. The SMILES string of the molecule is CC(C)CCC[C@H](C)NC(=O)CC(C)(C)C. The van der Waals surface area contributed by atoms with Crippen LogP contribution in [-0.4, -0.2) is 11.9 Å². The summed E-state index contributed by atoms with van der Waals surface area (Å²) in [7, 11) is 0. The first-order valence-electron chi connectivity index (χ1n) is 6.50. The van der Waals surface area contributed by atoms with Gasteiger partial charge in [0.15, 0.2) is 0 Å². The van der Waals surface area contributed by atoms with Crippen LogP contribution in [0, 0.1) is 11.3 Å². The second-order valence-corrected chi connectivity index (χ2v) is 6.53. The van der Waals surface area contributed by atoms with Gasteiger partial charge >= 0.3 is 0 Å². The van der Waals surface area contributed by atoms with Crippen LogP contribution < -0.4 is 5.32 Å². The second kappa shape index (κ2) is 6.93. The topological polar surface area (TPSA) is 29.1 Å². The van der Waals surface area contributed by atoms with Gasteiger partial charge in [0, 0.05) is 12.5 Å². The van der Waals surface area contributed by atoms with Crippen LogP contribution in [0.25, 0.3) is 0 Å². The van der Waals surface area contributed by atoms with Crippen LogP contribution in [0.15, 0.2) is 0 Å². The molecule has 0 radical (unpaired) electrons. The van der Waals surface area contributed by atoms with Gasteiger partial charge in [-0.25, -0.2) is 0 Å². The first-order valence-corrected chi connectivity index (χ1v) is 6.50. The van der Waals surface area contributed by atoms with Gasteiger partial charge < -0.3 is 5.32 Å². The molecule has 1 atom stereocenters. The number of nitrogens with one attached hydrogen (secondary N) is 1. The van der Waals surface area contributed by atoms with Crippen molar-refractivity contribution in [2.45, 2.75) is 73.3 Å². The zero-order chi connectivity index (χ0) is 12.8. The molecular weight excluding hydrogens is 198 g/mol. The molecule has 0 aromatic heterocycles. The molecular formula is C14H29NO. The molecule has 0 aliphatic rings. The molecule has 0 aromatic carbocycles. The van der Waals surface area contributed by atoms with Crippen molar-refractivity contribution in [1.29, 1.82) is 0 Å². The van der Waals surface area contributed by atoms with Crippen molar-refractivity contribution in [2.24, 2.45) is 11.3 Å². The highest BCUT2D eigenvalue weighted by molar-refractivity contribution is 5.76. The molecule has 0 saturated carbocycles. The molecule has 0 bridgehead atoms. The van der Waals surface area contributed by atoms with Crippen LogP contribution in [0.2, 0.25) is 0 Å². The lowest BCUT2D eigenvalue weighted by atomic mass is 9.92. The number of hydrogen-bond donors (Lipinski definition) is 1. The van der Waals surface area contributed by atoms with E-state index < -0.39 is 0 Å². The summed E-state index contributed by atoms with van der Waals surface area (Å²) in [5.74, 6) is 0.946. The van der Waals surface area contributed by atoms with Crippen LogP contribution in [-0.2, 0) is 4.79 Å². The Kier molecular flexibility index (Phi) is 6.70. The van der Waals surface area contributed by atoms with Crippen molar-refractivity contribution < 1.29 is 4.79 Å². The Hall–Kier alpha value is -0.530. The third-order valence-electron chi connectivity index (χ3n) is 2.52. The third-order valence-corrected chi connectivity index (χ3v) is 2.52. The van der Waals surface area contributed by atoms with Crippen LogP contribution in [0.1, 0.15) is 67.2 Å². The number of carbonyl (C=O) groups is 1. The van der Waals surface area contributed by atoms with Gasteiger partial charge in [-0.1, -0.05) is 47.5 Å². The van der Waals surface area contributed by atoms with Gasteiger partial charge in [0.05, 0.1) is 0 Å². The summed E-state index contributed by atoms with van der Waals surface area (Å²) in [6.07, 6.45) is 4.16. The average molecular weight is 227 g/mol. The van der Waals surface area contributed by atoms with E-state index in [0.29, 0.717) is 12.5 Å². The van der Waals surface area contributed by atoms with Crippen molar-refractivity contribution in [3.63, 3.8) is 0 Å². The summed E-state index contributed by atoms with van der Waals surface area (Å²) in [4.78, 5) is 11.7. The predicted molar refractivity (Wildman–Crippen MR) is 70.4 cm³/mol. The lowest BCUT2D eigenvalue weighted by Gasteiger charge is -2.20. The number of hydrogen-bond acceptors (Lipinski definition) is 1. The van der Waals surface area contributed by atoms with Crippen molar-refractivity contribution in [2.75, 3.05) is 0 Å². The highest BCUT2D eigenvalue weighted by Crippen LogP contribution is 2.18. The minimum absolute atomic E-state index is 0.0851. The number of rotatable bonds is 6. The van der Waals surface area contributed by atoms with E-state index in [-0.39, 0.29) is 11.3 Å². The minimum atomic E-state index is 0.0851. The summed E-state index contributed by atoms with van der Waals surface area (Å²) < 4.78 is 0. The Morgan fingerprint density at radius 3 is 2.12 bits per heavy atom. The van der Waals surface area contributed by atoms with E-state index in [1.807, 2.05) is 0 Å². The lowest BCUT2D eigenvalue weighted by Crippen LogP contribution is -2.34. The van der Waals surface area contributed by atoms with Gasteiger partial charge in [0.2, 0.25) is 5.91 Å². The van der Waals surface area contributed by atoms with Crippen LogP contribution >= 0.6 is 0 Å². The van der Waals surface area contributed by atoms with E-state index >= 15 is 0 Å². The predicted octanol–water partition coefficient (Wildman–Crippen LogP) is 3.75. The molecule has 0 aliphatic heterocycles. The molecule has 2 nitrogen and oxygen atoms in total. The molecule has 0 aromatic rings. The minimum Gasteiger partial charge on any atom is -0.354 e. The van der Waals surface area contributed by atoms with Gasteiger partial charge in [-0.05, 0) is 24.7 Å².